The molecule has 0 saturated heterocycles. The Balaban J connectivity index is 2.32. The smallest absolute Gasteiger partial charge is 0.244 e. The normalized spacial score (nSPS) is 11.5. The fourth-order valence-electron chi connectivity index (χ4n) is 1.29. The van der Waals surface area contributed by atoms with E-state index in [1.165, 1.54) is 11.0 Å². The molecule has 0 aliphatic carbocycles. The Hall–Kier alpha value is -2.18. The number of anilines is 2. The molecule has 0 unspecified atom stereocenters. The van der Waals surface area contributed by atoms with Gasteiger partial charge >= 0.3 is 0 Å². The van der Waals surface area contributed by atoms with Gasteiger partial charge in [0.25, 0.3) is 0 Å². The molecule has 7 nitrogen and oxygen atoms in total. The van der Waals surface area contributed by atoms with Crippen molar-refractivity contribution in [3.63, 3.8) is 0 Å². The molecule has 2 aromatic heterocycles. The van der Waals surface area contributed by atoms with E-state index in [0.717, 1.165) is 0 Å². The molecule has 2 aromatic rings. The third-order valence-electron chi connectivity index (χ3n) is 1.90. The predicted molar refractivity (Wildman–Crippen MR) is 64.7 cm³/mol. The van der Waals surface area contributed by atoms with Crippen molar-refractivity contribution >= 4 is 11.9 Å². The maximum Gasteiger partial charge on any atom is 0.244 e. The van der Waals surface area contributed by atoms with E-state index in [4.69, 9.17) is 5.73 Å². The minimum atomic E-state index is -0.121. The van der Waals surface area contributed by atoms with Crippen molar-refractivity contribution in [1.29, 1.82) is 0 Å². The zero-order valence-corrected chi connectivity index (χ0v) is 10.0. The van der Waals surface area contributed by atoms with Gasteiger partial charge in [-0.25, -0.2) is 9.97 Å². The Morgan fingerprint density at radius 2 is 2.12 bits per heavy atom. The summed E-state index contributed by atoms with van der Waals surface area (Å²) in [5, 5.41) is 7.39. The van der Waals surface area contributed by atoms with Crippen LogP contribution in [-0.2, 0) is 0 Å². The average molecular weight is 233 g/mol. The Morgan fingerprint density at radius 1 is 1.35 bits per heavy atom. The highest BCUT2D eigenvalue weighted by molar-refractivity contribution is 5.38. The molecule has 7 heteroatoms. The minimum absolute atomic E-state index is 0.121. The Bertz CT molecular complexity index is 497. The van der Waals surface area contributed by atoms with E-state index in [0.29, 0.717) is 11.8 Å². The molecule has 0 radical (unpaired) electrons. The van der Waals surface area contributed by atoms with Crippen molar-refractivity contribution in [1.82, 2.24) is 24.7 Å². The number of hydrogen-bond acceptors (Lipinski definition) is 6. The van der Waals surface area contributed by atoms with Crippen LogP contribution in [0.2, 0.25) is 0 Å². The van der Waals surface area contributed by atoms with Crippen LogP contribution in [0.15, 0.2) is 18.6 Å². The number of nitrogens with two attached hydrogens (primary N) is 1. The number of nitrogens with zero attached hydrogens (tertiary/aromatic N) is 5. The minimum Gasteiger partial charge on any atom is -0.368 e. The monoisotopic (exact) mass is 233 g/mol. The van der Waals surface area contributed by atoms with Gasteiger partial charge in [0.05, 0.1) is 0 Å². The van der Waals surface area contributed by atoms with Gasteiger partial charge in [0, 0.05) is 17.8 Å². The number of aromatic nitrogens is 5. The summed E-state index contributed by atoms with van der Waals surface area (Å²) in [6.07, 6.45) is 3.06. The Morgan fingerprint density at radius 3 is 2.71 bits per heavy atom. The molecule has 0 fully saturated rings. The lowest BCUT2D eigenvalue weighted by Crippen LogP contribution is -2.26. The molecular weight excluding hydrogens is 218 g/mol. The van der Waals surface area contributed by atoms with Gasteiger partial charge in [-0.15, -0.1) is 5.10 Å². The summed E-state index contributed by atoms with van der Waals surface area (Å²) in [6.45, 7) is 6.07. The van der Waals surface area contributed by atoms with E-state index in [1.807, 2.05) is 20.8 Å². The molecule has 0 aliphatic heterocycles. The van der Waals surface area contributed by atoms with Crippen LogP contribution in [-0.4, -0.2) is 30.3 Å². The maximum atomic E-state index is 5.78. The Labute approximate surface area is 99.1 Å². The SMILES string of the molecule is CC(C)(C)Nc1nc(N)n(-c2ccncn2)n1. The van der Waals surface area contributed by atoms with Crippen molar-refractivity contribution in [3.05, 3.63) is 18.6 Å². The second kappa shape index (κ2) is 4.00. The molecule has 0 bridgehead atoms. The summed E-state index contributed by atoms with van der Waals surface area (Å²) in [4.78, 5) is 12.0. The molecule has 0 aromatic carbocycles. The first-order chi connectivity index (χ1) is 7.96. The van der Waals surface area contributed by atoms with Gasteiger partial charge in [0.2, 0.25) is 11.9 Å². The van der Waals surface area contributed by atoms with Crippen LogP contribution in [0.25, 0.3) is 5.82 Å². The molecule has 2 heterocycles. The number of nitrogen functional groups attached to an aromatic ring is 1. The summed E-state index contributed by atoms with van der Waals surface area (Å²) in [5.74, 6) is 1.36. The van der Waals surface area contributed by atoms with E-state index < -0.39 is 0 Å². The summed E-state index contributed by atoms with van der Waals surface area (Å²) < 4.78 is 1.47. The highest BCUT2D eigenvalue weighted by Gasteiger charge is 2.15. The van der Waals surface area contributed by atoms with Gasteiger partial charge in [0.1, 0.15) is 6.33 Å². The third-order valence-corrected chi connectivity index (χ3v) is 1.90. The average Bonchev–Trinajstić information content (AvgIpc) is 2.58. The second-order valence-electron chi connectivity index (χ2n) is 4.65. The second-order valence-corrected chi connectivity index (χ2v) is 4.65. The largest absolute Gasteiger partial charge is 0.368 e. The fourth-order valence-corrected chi connectivity index (χ4v) is 1.29. The van der Waals surface area contributed by atoms with Crippen LogP contribution in [0.3, 0.4) is 0 Å². The molecule has 2 rings (SSSR count). The van der Waals surface area contributed by atoms with E-state index >= 15 is 0 Å². The molecule has 0 aliphatic rings. The first-order valence-corrected chi connectivity index (χ1v) is 5.23. The predicted octanol–water partition coefficient (Wildman–Crippen LogP) is 0.850. The summed E-state index contributed by atoms with van der Waals surface area (Å²) in [7, 11) is 0. The van der Waals surface area contributed by atoms with E-state index in [1.54, 1.807) is 12.3 Å². The third kappa shape index (κ3) is 2.68. The van der Waals surface area contributed by atoms with Gasteiger partial charge in [-0.3, -0.25) is 0 Å². The van der Waals surface area contributed by atoms with Crippen LogP contribution in [0.5, 0.6) is 0 Å². The standard InChI is InChI=1S/C10H15N7/c1-10(2,3)15-9-14-8(11)17(16-9)7-4-5-12-6-13-7/h4-6H,1-3H3,(H3,11,14,15,16). The van der Waals surface area contributed by atoms with E-state index in [9.17, 15) is 0 Å². The van der Waals surface area contributed by atoms with Crippen molar-refractivity contribution in [2.45, 2.75) is 26.3 Å². The highest BCUT2D eigenvalue weighted by Crippen LogP contribution is 2.14. The number of rotatable bonds is 2. The Kier molecular flexibility index (Phi) is 2.66. The van der Waals surface area contributed by atoms with Crippen LogP contribution >= 0.6 is 0 Å². The molecule has 3 N–H and O–H groups in total. The fraction of sp³-hybridized carbons (Fsp3) is 0.400. The number of nitrogens with one attached hydrogen (secondary N) is 1. The summed E-state index contributed by atoms with van der Waals surface area (Å²) >= 11 is 0. The first kappa shape index (κ1) is 11.3. The lowest BCUT2D eigenvalue weighted by molar-refractivity contribution is 0.625. The molecule has 90 valence electrons. The quantitative estimate of drug-likeness (QED) is 0.798. The van der Waals surface area contributed by atoms with Gasteiger partial charge < -0.3 is 11.1 Å². The molecule has 0 saturated carbocycles. The maximum absolute atomic E-state index is 5.78. The number of hydrogen-bond donors (Lipinski definition) is 2. The highest BCUT2D eigenvalue weighted by atomic mass is 15.4. The van der Waals surface area contributed by atoms with Crippen LogP contribution < -0.4 is 11.1 Å². The summed E-state index contributed by atoms with van der Waals surface area (Å²) in [5.41, 5.74) is 5.66. The van der Waals surface area contributed by atoms with Crippen molar-refractivity contribution in [3.8, 4) is 5.82 Å². The zero-order valence-electron chi connectivity index (χ0n) is 10.0. The van der Waals surface area contributed by atoms with Gasteiger partial charge in [-0.1, -0.05) is 0 Å². The van der Waals surface area contributed by atoms with Crippen LogP contribution in [0, 0.1) is 0 Å². The molecule has 0 spiro atoms. The lowest BCUT2D eigenvalue weighted by atomic mass is 10.1. The molecule has 0 amide bonds. The van der Waals surface area contributed by atoms with E-state index in [2.05, 4.69) is 25.4 Å². The van der Waals surface area contributed by atoms with Crippen molar-refractivity contribution in [2.24, 2.45) is 0 Å². The molecular formula is C10H15N7. The molecule has 0 atom stereocenters. The first-order valence-electron chi connectivity index (χ1n) is 5.23. The lowest BCUT2D eigenvalue weighted by Gasteiger charge is -2.18. The molecule has 17 heavy (non-hydrogen) atoms. The van der Waals surface area contributed by atoms with Crippen LogP contribution in [0.4, 0.5) is 11.9 Å². The van der Waals surface area contributed by atoms with Gasteiger partial charge in [-0.2, -0.15) is 9.67 Å². The van der Waals surface area contributed by atoms with Crippen molar-refractivity contribution < 1.29 is 0 Å². The van der Waals surface area contributed by atoms with Gasteiger partial charge in [0.15, 0.2) is 5.82 Å². The van der Waals surface area contributed by atoms with Crippen molar-refractivity contribution in [2.75, 3.05) is 11.1 Å². The summed E-state index contributed by atoms with van der Waals surface area (Å²) in [6, 6.07) is 1.71. The van der Waals surface area contributed by atoms with E-state index in [-0.39, 0.29) is 11.5 Å². The topological polar surface area (TPSA) is 94.5 Å². The zero-order chi connectivity index (χ0) is 12.5. The van der Waals surface area contributed by atoms with Crippen LogP contribution in [0.1, 0.15) is 20.8 Å². The van der Waals surface area contributed by atoms with Gasteiger partial charge in [-0.05, 0) is 20.8 Å².